The van der Waals surface area contributed by atoms with Gasteiger partial charge in [-0.15, -0.1) is 0 Å². The maximum absolute atomic E-state index is 9.07. The summed E-state index contributed by atoms with van der Waals surface area (Å²) in [6.07, 6.45) is 0.0522. The van der Waals surface area contributed by atoms with Crippen LogP contribution < -0.4 is 4.74 Å². The van der Waals surface area contributed by atoms with Crippen molar-refractivity contribution in [1.82, 2.24) is 0 Å². The van der Waals surface area contributed by atoms with Crippen molar-refractivity contribution >= 4 is 11.6 Å². The van der Waals surface area contributed by atoms with E-state index in [2.05, 4.69) is 6.07 Å². The monoisotopic (exact) mass is 223 g/mol. The van der Waals surface area contributed by atoms with Crippen LogP contribution in [0.25, 0.3) is 0 Å². The average molecular weight is 224 g/mol. The van der Waals surface area contributed by atoms with Gasteiger partial charge in [-0.25, -0.2) is 0 Å². The van der Waals surface area contributed by atoms with Gasteiger partial charge in [0.05, 0.1) is 11.7 Å². The van der Waals surface area contributed by atoms with Crippen molar-refractivity contribution in [3.8, 4) is 11.8 Å². The first-order chi connectivity index (χ1) is 6.97. The lowest BCUT2D eigenvalue weighted by Gasteiger charge is -2.16. The predicted octanol–water partition coefficient (Wildman–Crippen LogP) is 3.62. The minimum Gasteiger partial charge on any atom is -0.489 e. The Morgan fingerprint density at radius 2 is 2.00 bits per heavy atom. The fourth-order valence-electron chi connectivity index (χ4n) is 1.37. The molecule has 0 aliphatic carbocycles. The van der Waals surface area contributed by atoms with Crippen molar-refractivity contribution in [3.63, 3.8) is 0 Å². The van der Waals surface area contributed by atoms with Crippen LogP contribution in [-0.2, 0) is 0 Å². The Morgan fingerprint density at radius 3 is 2.47 bits per heavy atom. The number of nitrogens with zero attached hydrogens (tertiary/aromatic N) is 1. The summed E-state index contributed by atoms with van der Waals surface area (Å²) in [6, 6.07) is 3.97. The molecule has 0 aliphatic rings. The number of benzene rings is 1. The van der Waals surface area contributed by atoms with Crippen LogP contribution in [0.2, 0.25) is 5.02 Å². The third kappa shape index (κ3) is 2.43. The highest BCUT2D eigenvalue weighted by Gasteiger charge is 2.14. The second-order valence-electron chi connectivity index (χ2n) is 3.78. The Bertz CT molecular complexity index is 419. The average Bonchev–Trinajstić information content (AvgIpc) is 2.14. The van der Waals surface area contributed by atoms with E-state index in [1.807, 2.05) is 33.8 Å². The minimum absolute atomic E-state index is 0.0522. The standard InChI is InChI=1S/C12H14ClNO/c1-7(2)15-12-8(3)5-11(13)9(4)10(12)6-14/h5,7H,1-4H3. The van der Waals surface area contributed by atoms with Crippen LogP contribution in [0.5, 0.6) is 5.75 Å². The van der Waals surface area contributed by atoms with Crippen molar-refractivity contribution in [1.29, 1.82) is 5.26 Å². The molecule has 1 aromatic carbocycles. The molecule has 15 heavy (non-hydrogen) atoms. The molecule has 0 radical (unpaired) electrons. The molecule has 0 aromatic heterocycles. The molecule has 0 bridgehead atoms. The molecule has 0 spiro atoms. The summed E-state index contributed by atoms with van der Waals surface area (Å²) in [6.45, 7) is 7.59. The van der Waals surface area contributed by atoms with Crippen molar-refractivity contribution in [2.45, 2.75) is 33.8 Å². The SMILES string of the molecule is Cc1cc(Cl)c(C)c(C#N)c1OC(C)C. The number of hydrogen-bond donors (Lipinski definition) is 0. The number of hydrogen-bond acceptors (Lipinski definition) is 2. The molecule has 2 nitrogen and oxygen atoms in total. The van der Waals surface area contributed by atoms with E-state index in [9.17, 15) is 0 Å². The Balaban J connectivity index is 3.37. The Labute approximate surface area is 95.4 Å². The van der Waals surface area contributed by atoms with Crippen molar-refractivity contribution in [2.24, 2.45) is 0 Å². The molecule has 0 fully saturated rings. The second kappa shape index (κ2) is 4.55. The third-order valence-corrected chi connectivity index (χ3v) is 2.52. The van der Waals surface area contributed by atoms with Crippen LogP contribution in [0.4, 0.5) is 0 Å². The molecule has 0 atom stereocenters. The lowest BCUT2D eigenvalue weighted by Crippen LogP contribution is -2.09. The quantitative estimate of drug-likeness (QED) is 0.767. The van der Waals surface area contributed by atoms with Crippen LogP contribution >= 0.6 is 11.6 Å². The lowest BCUT2D eigenvalue weighted by atomic mass is 10.0. The zero-order valence-electron chi connectivity index (χ0n) is 9.39. The third-order valence-electron chi connectivity index (χ3n) is 2.13. The summed E-state index contributed by atoms with van der Waals surface area (Å²) < 4.78 is 5.62. The topological polar surface area (TPSA) is 33.0 Å². The highest BCUT2D eigenvalue weighted by molar-refractivity contribution is 6.31. The van der Waals surface area contributed by atoms with Crippen LogP contribution in [0.3, 0.4) is 0 Å². The number of aryl methyl sites for hydroxylation is 1. The molecular formula is C12H14ClNO. The molecule has 0 heterocycles. The summed E-state index contributed by atoms with van der Waals surface area (Å²) in [5, 5.41) is 9.68. The van der Waals surface area contributed by atoms with Gasteiger partial charge in [-0.05, 0) is 44.9 Å². The molecule has 0 aliphatic heterocycles. The van der Waals surface area contributed by atoms with Crippen LogP contribution in [0.1, 0.15) is 30.5 Å². The molecule has 3 heteroatoms. The lowest BCUT2D eigenvalue weighted by molar-refractivity contribution is 0.240. The normalized spacial score (nSPS) is 10.2. The van der Waals surface area contributed by atoms with E-state index in [1.54, 1.807) is 0 Å². The van der Waals surface area contributed by atoms with Crippen molar-refractivity contribution in [2.75, 3.05) is 0 Å². The van der Waals surface area contributed by atoms with Crippen LogP contribution in [0, 0.1) is 25.2 Å². The van der Waals surface area contributed by atoms with E-state index in [0.717, 1.165) is 11.1 Å². The Hall–Kier alpha value is -1.20. The molecule has 80 valence electrons. The summed E-state index contributed by atoms with van der Waals surface area (Å²) in [5.74, 6) is 0.648. The molecule has 0 amide bonds. The predicted molar refractivity (Wildman–Crippen MR) is 61.4 cm³/mol. The van der Waals surface area contributed by atoms with Crippen LogP contribution in [0.15, 0.2) is 6.07 Å². The minimum atomic E-state index is 0.0522. The van der Waals surface area contributed by atoms with Gasteiger partial charge in [0.2, 0.25) is 0 Å². The fourth-order valence-corrected chi connectivity index (χ4v) is 1.63. The van der Waals surface area contributed by atoms with E-state index < -0.39 is 0 Å². The Morgan fingerprint density at radius 1 is 1.40 bits per heavy atom. The van der Waals surface area contributed by atoms with Gasteiger partial charge >= 0.3 is 0 Å². The number of ether oxygens (including phenoxy) is 1. The zero-order valence-corrected chi connectivity index (χ0v) is 10.1. The van der Waals surface area contributed by atoms with Gasteiger partial charge < -0.3 is 4.74 Å². The molecule has 1 aromatic rings. The number of halogens is 1. The van der Waals surface area contributed by atoms with E-state index in [0.29, 0.717) is 16.3 Å². The summed E-state index contributed by atoms with van der Waals surface area (Å²) in [7, 11) is 0. The molecule has 0 saturated heterocycles. The van der Waals surface area contributed by atoms with Gasteiger partial charge in [-0.2, -0.15) is 5.26 Å². The van der Waals surface area contributed by atoms with Gasteiger partial charge in [-0.3, -0.25) is 0 Å². The molecule has 0 unspecified atom stereocenters. The molecular weight excluding hydrogens is 210 g/mol. The van der Waals surface area contributed by atoms with Gasteiger partial charge in [0.1, 0.15) is 11.8 Å². The van der Waals surface area contributed by atoms with Gasteiger partial charge in [0.15, 0.2) is 0 Å². The summed E-state index contributed by atoms with van der Waals surface area (Å²) in [4.78, 5) is 0. The van der Waals surface area contributed by atoms with Gasteiger partial charge in [0.25, 0.3) is 0 Å². The van der Waals surface area contributed by atoms with Crippen molar-refractivity contribution < 1.29 is 4.74 Å². The fraction of sp³-hybridized carbons (Fsp3) is 0.417. The number of nitriles is 1. The van der Waals surface area contributed by atoms with E-state index >= 15 is 0 Å². The zero-order chi connectivity index (χ0) is 11.6. The first-order valence-corrected chi connectivity index (χ1v) is 5.21. The maximum Gasteiger partial charge on any atom is 0.140 e. The molecule has 0 N–H and O–H groups in total. The van der Waals surface area contributed by atoms with E-state index in [1.165, 1.54) is 0 Å². The second-order valence-corrected chi connectivity index (χ2v) is 4.19. The smallest absolute Gasteiger partial charge is 0.140 e. The highest BCUT2D eigenvalue weighted by Crippen LogP contribution is 2.32. The summed E-state index contributed by atoms with van der Waals surface area (Å²) >= 11 is 6.00. The Kier molecular flexibility index (Phi) is 3.60. The van der Waals surface area contributed by atoms with E-state index in [-0.39, 0.29) is 6.10 Å². The largest absolute Gasteiger partial charge is 0.489 e. The molecule has 1 rings (SSSR count). The highest BCUT2D eigenvalue weighted by atomic mass is 35.5. The first kappa shape index (κ1) is 11.9. The maximum atomic E-state index is 9.07. The van der Waals surface area contributed by atoms with Crippen molar-refractivity contribution in [3.05, 3.63) is 27.8 Å². The van der Waals surface area contributed by atoms with E-state index in [4.69, 9.17) is 21.6 Å². The summed E-state index contributed by atoms with van der Waals surface area (Å²) in [5.41, 5.74) is 2.21. The van der Waals surface area contributed by atoms with Gasteiger partial charge in [-0.1, -0.05) is 11.6 Å². The van der Waals surface area contributed by atoms with Crippen LogP contribution in [-0.4, -0.2) is 6.10 Å². The number of rotatable bonds is 2. The molecule has 0 saturated carbocycles. The van der Waals surface area contributed by atoms with Gasteiger partial charge in [0, 0.05) is 5.02 Å². The first-order valence-electron chi connectivity index (χ1n) is 4.83.